The first-order chi connectivity index (χ1) is 49.9. The monoisotopic (exact) mass is 1430 g/mol. The Labute approximate surface area is 607 Å². The summed E-state index contributed by atoms with van der Waals surface area (Å²) in [6.45, 7) is 21.7. The van der Waals surface area contributed by atoms with Crippen LogP contribution in [-0.2, 0) is 61.9 Å². The number of hydrogen-bond donors (Lipinski definition) is 5. The lowest BCUT2D eigenvalue weighted by molar-refractivity contribution is -0.346. The number of benzene rings is 3. The Morgan fingerprint density at radius 1 is 0.819 bits per heavy atom. The number of aliphatic hydroxyl groups is 3. The summed E-state index contributed by atoms with van der Waals surface area (Å²) in [5, 5.41) is 45.8. The van der Waals surface area contributed by atoms with Gasteiger partial charge in [-0.2, -0.15) is 0 Å². The molecule has 3 aromatic carbocycles. The number of fused-ring (bicyclic) bond motifs is 10. The van der Waals surface area contributed by atoms with Gasteiger partial charge in [-0.1, -0.05) is 107 Å². The van der Waals surface area contributed by atoms with Crippen molar-refractivity contribution in [2.24, 2.45) is 49.5 Å². The van der Waals surface area contributed by atoms with Crippen LogP contribution in [0.2, 0.25) is 0 Å². The molecule has 14 atom stereocenters. The highest BCUT2D eigenvalue weighted by atomic mass is 16.6. The summed E-state index contributed by atoms with van der Waals surface area (Å²) in [5.74, 6) is -12.0. The van der Waals surface area contributed by atoms with E-state index in [2.05, 4.69) is 17.2 Å². The summed E-state index contributed by atoms with van der Waals surface area (Å²) < 4.78 is 43.6. The highest BCUT2D eigenvalue weighted by Crippen LogP contribution is 2.65. The third kappa shape index (κ3) is 12.0. The van der Waals surface area contributed by atoms with Crippen molar-refractivity contribution >= 4 is 64.6 Å². The van der Waals surface area contributed by atoms with E-state index in [0.717, 1.165) is 36.1 Å². The van der Waals surface area contributed by atoms with E-state index in [-0.39, 0.29) is 53.0 Å². The normalized spacial score (nSPS) is 29.6. The Balaban J connectivity index is 0.926. The first-order valence-corrected chi connectivity index (χ1v) is 35.3. The molecule has 2 saturated carbocycles. The van der Waals surface area contributed by atoms with Crippen LogP contribution < -0.4 is 10.6 Å². The van der Waals surface area contributed by atoms with Crippen LogP contribution in [-0.4, -0.2) is 142 Å². The van der Waals surface area contributed by atoms with Crippen molar-refractivity contribution in [2.45, 2.75) is 162 Å². The van der Waals surface area contributed by atoms with Crippen molar-refractivity contribution in [3.8, 4) is 0 Å². The number of aliphatic hydroxyl groups excluding tert-OH is 2. The van der Waals surface area contributed by atoms with Gasteiger partial charge in [0.05, 0.1) is 70.9 Å². The maximum absolute atomic E-state index is 16.2. The van der Waals surface area contributed by atoms with E-state index >= 15 is 14.4 Å². The third-order valence-corrected chi connectivity index (χ3v) is 23.2. The second-order valence-electron chi connectivity index (χ2n) is 29.2. The van der Waals surface area contributed by atoms with Crippen LogP contribution in [0.4, 0.5) is 0 Å². The van der Waals surface area contributed by atoms with Crippen LogP contribution in [0, 0.1) is 34.5 Å². The standard InChI is InChI=1S/C82H85N5O18/c1-14-49-39(3)52-33-54-41(5)51(67(85-54)63-64(77(96)99-13)69(92)62-42(6)55(86-68(62)63)35-57-50(15-2)40(4)53(84-57)34-56(49)83-52)31-32-61(91)103-71(66(46-25-19-16-20-26-46)87-75(94)47-27-21-17-22-28-47)78(97)102-58-37-82(98)74(104-76(95)48-29-23-18-24-30-48)72-80(12,59(90)36-60-81(72,38-100-60)105-45(9)89)73(93)70(101-44(8)88)65(43(58)7)79(82,10)11/h14,16-30,33-35,41,51,58-60,64,66,70-72,74,85,90,92,98H,1,15,31-32,36-38H2,2-13H3,(H,87,94)/t41-,51-,58+,59+,60-,64?,66+,70-,71-,72?,74+,80-,81+,82-/m0/s1. The zero-order valence-electron chi connectivity index (χ0n) is 60.6. The maximum Gasteiger partial charge on any atom is 0.350 e. The van der Waals surface area contributed by atoms with Gasteiger partial charge in [0.15, 0.2) is 17.5 Å². The smallest absolute Gasteiger partial charge is 0.350 e. The van der Waals surface area contributed by atoms with Gasteiger partial charge in [-0.3, -0.25) is 28.8 Å². The van der Waals surface area contributed by atoms with E-state index in [1.807, 2.05) is 52.8 Å². The molecule has 10 aliphatic rings. The molecule has 546 valence electrons. The fourth-order valence-corrected chi connectivity index (χ4v) is 17.5. The second kappa shape index (κ2) is 27.5. The van der Waals surface area contributed by atoms with E-state index in [4.69, 9.17) is 48.1 Å². The highest BCUT2D eigenvalue weighted by Gasteiger charge is 2.78. The first-order valence-electron chi connectivity index (χ1n) is 35.3. The number of allylic oxidation sites excluding steroid dienone is 11. The van der Waals surface area contributed by atoms with Crippen LogP contribution in [0.15, 0.2) is 221 Å². The summed E-state index contributed by atoms with van der Waals surface area (Å²) in [6.07, 6.45) is -3.85. The number of Topliss-reactive ketones (excluding diaryl/α,β-unsaturated/α-hetero) is 1. The molecule has 5 N–H and O–H groups in total. The molecule has 3 aromatic rings. The Bertz CT molecular complexity index is 4700. The quantitative estimate of drug-likeness (QED) is 0.0476. The molecule has 105 heavy (non-hydrogen) atoms. The van der Waals surface area contributed by atoms with Gasteiger partial charge in [-0.05, 0) is 129 Å². The minimum absolute atomic E-state index is 0.0126. The number of esters is 6. The highest BCUT2D eigenvalue weighted by molar-refractivity contribution is 6.24. The summed E-state index contributed by atoms with van der Waals surface area (Å²) in [5.41, 5.74) is 1.27. The average molecular weight is 1430 g/mol. The van der Waals surface area contributed by atoms with Crippen molar-refractivity contribution < 1.29 is 86.8 Å². The number of methoxy groups -OCH3 is 1. The number of ketones is 1. The Morgan fingerprint density at radius 3 is 2.09 bits per heavy atom. The SMILES string of the molecule is C=CC1=C(C)C2=NC1=CC1=NC(=CC3=C(C)C4=C(O)C(C(=O)OC)C(=C5NC(=C2)[C@@H](C)[C@@H]5CCC(=O)O[C@H](C(=O)O[C@@H]2C[C@]5(O)[C@H](OC(=O)c6ccccc6)C6[C@@]7(OC(C)=O)CO[C@H]7C[C@@H](O)[C@]6(C)C(=O)[C@@H](OC(C)=O)C(=C2C)C5(C)C)[C@H](NC(=O)c2ccccc2)c2ccccc2)C4=N3)C(CC)=C1C. The molecule has 0 spiro atoms. The largest absolute Gasteiger partial charge is 0.510 e. The lowest BCUT2D eigenvalue weighted by Crippen LogP contribution is -2.82. The van der Waals surface area contributed by atoms with Crippen LogP contribution in [0.5, 0.6) is 0 Å². The molecular weight excluding hydrogens is 1340 g/mol. The van der Waals surface area contributed by atoms with Crippen molar-refractivity contribution in [1.82, 2.24) is 10.6 Å². The van der Waals surface area contributed by atoms with Crippen LogP contribution in [0.1, 0.15) is 141 Å². The molecule has 0 aromatic heterocycles. The molecule has 1 amide bonds. The number of rotatable bonds is 17. The molecule has 2 saturated heterocycles. The molecule has 4 fully saturated rings. The second-order valence-corrected chi connectivity index (χ2v) is 29.2. The Kier molecular flexibility index (Phi) is 19.1. The zero-order chi connectivity index (χ0) is 75.3. The van der Waals surface area contributed by atoms with Crippen molar-refractivity contribution in [2.75, 3.05) is 13.7 Å². The van der Waals surface area contributed by atoms with E-state index in [1.54, 1.807) is 98.8 Å². The van der Waals surface area contributed by atoms with Crippen LogP contribution >= 0.6 is 0 Å². The van der Waals surface area contributed by atoms with Crippen molar-refractivity contribution in [3.63, 3.8) is 0 Å². The summed E-state index contributed by atoms with van der Waals surface area (Å²) in [4.78, 5) is 134. The van der Waals surface area contributed by atoms with Crippen LogP contribution in [0.25, 0.3) is 0 Å². The van der Waals surface area contributed by atoms with E-state index in [9.17, 15) is 39.3 Å². The van der Waals surface area contributed by atoms with E-state index in [0.29, 0.717) is 68.8 Å². The van der Waals surface area contributed by atoms with Gasteiger partial charge in [0.25, 0.3) is 5.91 Å². The van der Waals surface area contributed by atoms with Gasteiger partial charge in [0.2, 0.25) is 6.10 Å². The minimum atomic E-state index is -2.56. The molecule has 6 heterocycles. The van der Waals surface area contributed by atoms with Gasteiger partial charge in [-0.15, -0.1) is 0 Å². The number of carbonyl (C=O) groups excluding carboxylic acids is 8. The Morgan fingerprint density at radius 2 is 1.47 bits per heavy atom. The molecular formula is C82H85N5O18. The van der Waals surface area contributed by atoms with Crippen LogP contribution in [0.3, 0.4) is 0 Å². The summed E-state index contributed by atoms with van der Waals surface area (Å²) in [7, 11) is 1.22. The fraction of sp³-hybridized carbons (Fsp3) is 0.402. The van der Waals surface area contributed by atoms with Crippen molar-refractivity contribution in [3.05, 3.63) is 223 Å². The van der Waals surface area contributed by atoms with Gasteiger partial charge < -0.3 is 59.1 Å². The minimum Gasteiger partial charge on any atom is -0.510 e. The van der Waals surface area contributed by atoms with Gasteiger partial charge in [0, 0.05) is 84.0 Å². The molecule has 4 aliphatic carbocycles. The number of hydrogen-bond acceptors (Lipinski definition) is 22. The van der Waals surface area contributed by atoms with E-state index in [1.165, 1.54) is 33.1 Å². The fourth-order valence-electron chi connectivity index (χ4n) is 17.5. The number of nitrogens with one attached hydrogen (secondary N) is 2. The number of amides is 1. The summed E-state index contributed by atoms with van der Waals surface area (Å²) in [6, 6.07) is 22.6. The molecule has 2 unspecified atom stereocenters. The number of nitrogens with zero attached hydrogens (tertiary/aromatic N) is 3. The third-order valence-electron chi connectivity index (χ3n) is 23.2. The predicted octanol–water partition coefficient (Wildman–Crippen LogP) is 10.3. The van der Waals surface area contributed by atoms with Gasteiger partial charge in [-0.25, -0.2) is 24.6 Å². The number of carbonyl (C=O) groups is 8. The zero-order valence-corrected chi connectivity index (χ0v) is 60.6. The van der Waals surface area contributed by atoms with Crippen molar-refractivity contribution in [1.29, 1.82) is 0 Å². The van der Waals surface area contributed by atoms with E-state index < -0.39 is 149 Å². The lowest BCUT2D eigenvalue weighted by Gasteiger charge is -2.67. The predicted molar refractivity (Wildman–Crippen MR) is 384 cm³/mol. The Hall–Kier alpha value is -10.5. The molecule has 23 nitrogen and oxygen atoms in total. The molecule has 10 bridgehead atoms. The first kappa shape index (κ1) is 72.8. The number of aliphatic imine (C=N–C) groups is 3. The summed E-state index contributed by atoms with van der Waals surface area (Å²) >= 11 is 0. The molecule has 23 heteroatoms. The number of ether oxygens (including phenoxy) is 7. The maximum atomic E-state index is 16.2. The lowest BCUT2D eigenvalue weighted by atomic mass is 9.44. The average Bonchev–Trinajstić information content (AvgIpc) is 1.37. The van der Waals surface area contributed by atoms with Gasteiger partial charge >= 0.3 is 35.8 Å². The molecule has 6 aliphatic heterocycles. The van der Waals surface area contributed by atoms with Gasteiger partial charge in [0.1, 0.15) is 41.6 Å². The molecule has 0 radical (unpaired) electrons. The topological polar surface area (TPSA) is 323 Å². The molecule has 13 rings (SSSR count).